The maximum absolute atomic E-state index is 14.3. The molecule has 0 aliphatic carbocycles. The molecule has 1 aliphatic heterocycles. The summed E-state index contributed by atoms with van der Waals surface area (Å²) in [7, 11) is 0. The summed E-state index contributed by atoms with van der Waals surface area (Å²) < 4.78 is 28.6. The first-order chi connectivity index (χ1) is 13.9. The summed E-state index contributed by atoms with van der Waals surface area (Å²) in [5, 5.41) is 5.49. The minimum absolute atomic E-state index is 0.122. The molecule has 0 spiro atoms. The molecule has 4 N–H and O–H groups in total. The average molecular weight is 404 g/mol. The number of alkyl halides is 2. The summed E-state index contributed by atoms with van der Waals surface area (Å²) in [4.78, 5) is 20.8. The highest BCUT2D eigenvalue weighted by molar-refractivity contribution is 5.91. The molecule has 0 saturated carbocycles. The molecule has 1 fully saturated rings. The van der Waals surface area contributed by atoms with E-state index in [1.54, 1.807) is 13.0 Å². The van der Waals surface area contributed by atoms with Crippen LogP contribution in [0.2, 0.25) is 0 Å². The number of aryl methyl sites for hydroxylation is 1. The van der Waals surface area contributed by atoms with Crippen LogP contribution < -0.4 is 21.5 Å². The fraction of sp³-hybridized carbons (Fsp3) is 0.450. The van der Waals surface area contributed by atoms with Crippen molar-refractivity contribution in [3.05, 3.63) is 53.0 Å². The van der Waals surface area contributed by atoms with E-state index in [9.17, 15) is 13.6 Å². The van der Waals surface area contributed by atoms with E-state index in [0.29, 0.717) is 24.0 Å². The van der Waals surface area contributed by atoms with Crippen LogP contribution in [0.4, 0.5) is 14.6 Å². The molecule has 0 bridgehead atoms. The predicted octanol–water partition coefficient (Wildman–Crippen LogP) is 2.14. The molecule has 1 amide bonds. The van der Waals surface area contributed by atoms with Gasteiger partial charge in [0.2, 0.25) is 5.82 Å². The van der Waals surface area contributed by atoms with Crippen molar-refractivity contribution in [3.8, 4) is 0 Å². The molecule has 0 unspecified atom stereocenters. The molecule has 7 nitrogen and oxygen atoms in total. The molecule has 0 atom stereocenters. The quantitative estimate of drug-likeness (QED) is 0.539. The molecule has 2 aromatic rings. The van der Waals surface area contributed by atoms with Crippen LogP contribution in [-0.2, 0) is 5.92 Å². The van der Waals surface area contributed by atoms with Gasteiger partial charge in [-0.15, -0.1) is 0 Å². The number of anilines is 1. The standard InChI is InChI=1S/C20H26F2N6O/c1-13-14(2)27-18(28-17(13)23-9-8-15-10-25-26-11-15)19(29)24-12-20(21,22)16-6-4-3-5-7-16/h3-7,15,25-26H,8-12H2,1-2H3,(H,24,29)(H,23,27,28). The third-order valence-corrected chi connectivity index (χ3v) is 5.01. The fourth-order valence-electron chi connectivity index (χ4n) is 3.06. The van der Waals surface area contributed by atoms with Crippen LogP contribution in [-0.4, -0.2) is 42.1 Å². The Morgan fingerprint density at radius 2 is 1.86 bits per heavy atom. The number of carbonyl (C=O) groups excluding carboxylic acids is 1. The van der Waals surface area contributed by atoms with E-state index in [1.165, 1.54) is 24.3 Å². The third kappa shape index (κ3) is 5.45. The van der Waals surface area contributed by atoms with Gasteiger partial charge in [-0.3, -0.25) is 15.6 Å². The summed E-state index contributed by atoms with van der Waals surface area (Å²) in [6.07, 6.45) is 0.938. The number of amides is 1. The van der Waals surface area contributed by atoms with Crippen LogP contribution in [0.25, 0.3) is 0 Å². The first-order valence-electron chi connectivity index (χ1n) is 9.63. The summed E-state index contributed by atoms with van der Waals surface area (Å²) in [5.41, 5.74) is 7.48. The smallest absolute Gasteiger partial charge is 0.290 e. The highest BCUT2D eigenvalue weighted by Gasteiger charge is 2.32. The van der Waals surface area contributed by atoms with Gasteiger partial charge in [-0.05, 0) is 26.2 Å². The number of rotatable bonds is 8. The molecule has 0 radical (unpaired) electrons. The zero-order valence-electron chi connectivity index (χ0n) is 16.6. The van der Waals surface area contributed by atoms with Gasteiger partial charge in [-0.2, -0.15) is 8.78 Å². The van der Waals surface area contributed by atoms with E-state index in [1.807, 2.05) is 6.92 Å². The van der Waals surface area contributed by atoms with Gasteiger partial charge in [0.05, 0.1) is 6.54 Å². The molecule has 29 heavy (non-hydrogen) atoms. The SMILES string of the molecule is Cc1nc(C(=O)NCC(F)(F)c2ccccc2)nc(NCCC2CNNC2)c1C. The maximum atomic E-state index is 14.3. The second-order valence-corrected chi connectivity index (χ2v) is 7.20. The Bertz CT molecular complexity index is 840. The summed E-state index contributed by atoms with van der Waals surface area (Å²) in [5.74, 6) is -2.95. The normalized spacial score (nSPS) is 14.8. The first kappa shape index (κ1) is 21.1. The highest BCUT2D eigenvalue weighted by atomic mass is 19.3. The predicted molar refractivity (Wildman–Crippen MR) is 107 cm³/mol. The lowest BCUT2D eigenvalue weighted by Crippen LogP contribution is -2.36. The van der Waals surface area contributed by atoms with Crippen LogP contribution in [0.5, 0.6) is 0 Å². The molecular weight excluding hydrogens is 378 g/mol. The lowest BCUT2D eigenvalue weighted by molar-refractivity contribution is -0.00257. The van der Waals surface area contributed by atoms with Crippen LogP contribution in [0.15, 0.2) is 30.3 Å². The lowest BCUT2D eigenvalue weighted by Gasteiger charge is -2.17. The molecule has 1 aliphatic rings. The second-order valence-electron chi connectivity index (χ2n) is 7.20. The van der Waals surface area contributed by atoms with E-state index in [4.69, 9.17) is 0 Å². The van der Waals surface area contributed by atoms with Crippen molar-refractivity contribution in [1.29, 1.82) is 0 Å². The Labute approximate surface area is 168 Å². The Morgan fingerprint density at radius 3 is 2.55 bits per heavy atom. The van der Waals surface area contributed by atoms with Crippen molar-refractivity contribution in [2.45, 2.75) is 26.2 Å². The van der Waals surface area contributed by atoms with Crippen molar-refractivity contribution in [3.63, 3.8) is 0 Å². The van der Waals surface area contributed by atoms with Crippen molar-refractivity contribution in [1.82, 2.24) is 26.1 Å². The van der Waals surface area contributed by atoms with Gasteiger partial charge in [-0.25, -0.2) is 9.97 Å². The number of hydrazine groups is 1. The number of nitrogens with one attached hydrogen (secondary N) is 4. The lowest BCUT2D eigenvalue weighted by atomic mass is 10.1. The molecule has 156 valence electrons. The summed E-state index contributed by atoms with van der Waals surface area (Å²) in [6, 6.07) is 7.39. The largest absolute Gasteiger partial charge is 0.370 e. The number of aromatic nitrogens is 2. The number of benzene rings is 1. The number of nitrogens with zero attached hydrogens (tertiary/aromatic N) is 2. The van der Waals surface area contributed by atoms with E-state index < -0.39 is 18.4 Å². The Morgan fingerprint density at radius 1 is 1.17 bits per heavy atom. The Balaban J connectivity index is 1.63. The topological polar surface area (TPSA) is 91.0 Å². The molecule has 1 aromatic carbocycles. The maximum Gasteiger partial charge on any atom is 0.290 e. The number of hydrogen-bond acceptors (Lipinski definition) is 6. The van der Waals surface area contributed by atoms with Gasteiger partial charge in [0.15, 0.2) is 0 Å². The van der Waals surface area contributed by atoms with E-state index in [0.717, 1.165) is 25.1 Å². The monoisotopic (exact) mass is 404 g/mol. The van der Waals surface area contributed by atoms with E-state index in [-0.39, 0.29) is 11.4 Å². The molecular formula is C20H26F2N6O. The Kier molecular flexibility index (Phi) is 6.71. The van der Waals surface area contributed by atoms with Gasteiger partial charge in [-0.1, -0.05) is 30.3 Å². The van der Waals surface area contributed by atoms with Crippen LogP contribution in [0, 0.1) is 19.8 Å². The number of hydrogen-bond donors (Lipinski definition) is 4. The van der Waals surface area contributed by atoms with Crippen molar-refractivity contribution in [2.75, 3.05) is 31.5 Å². The first-order valence-corrected chi connectivity index (χ1v) is 9.63. The van der Waals surface area contributed by atoms with Crippen molar-refractivity contribution < 1.29 is 13.6 Å². The minimum Gasteiger partial charge on any atom is -0.370 e. The van der Waals surface area contributed by atoms with Crippen LogP contribution >= 0.6 is 0 Å². The summed E-state index contributed by atoms with van der Waals surface area (Å²) >= 11 is 0. The zero-order valence-corrected chi connectivity index (χ0v) is 16.6. The summed E-state index contributed by atoms with van der Waals surface area (Å²) in [6.45, 7) is 5.32. The fourth-order valence-corrected chi connectivity index (χ4v) is 3.06. The van der Waals surface area contributed by atoms with Gasteiger partial charge >= 0.3 is 0 Å². The Hall–Kier alpha value is -2.65. The van der Waals surface area contributed by atoms with Crippen molar-refractivity contribution in [2.24, 2.45) is 5.92 Å². The molecule has 9 heteroatoms. The molecule has 2 heterocycles. The number of halogens is 2. The van der Waals surface area contributed by atoms with Gasteiger partial charge in [0.25, 0.3) is 11.8 Å². The van der Waals surface area contributed by atoms with E-state index in [2.05, 4.69) is 31.5 Å². The zero-order chi connectivity index (χ0) is 20.9. The highest BCUT2D eigenvalue weighted by Crippen LogP contribution is 2.26. The molecule has 1 saturated heterocycles. The average Bonchev–Trinajstić information content (AvgIpc) is 3.23. The van der Waals surface area contributed by atoms with Crippen molar-refractivity contribution >= 4 is 11.7 Å². The van der Waals surface area contributed by atoms with Gasteiger partial charge < -0.3 is 10.6 Å². The molecule has 1 aromatic heterocycles. The van der Waals surface area contributed by atoms with Gasteiger partial charge in [0.1, 0.15) is 5.82 Å². The van der Waals surface area contributed by atoms with Crippen LogP contribution in [0.1, 0.15) is 33.9 Å². The molecule has 3 rings (SSSR count). The third-order valence-electron chi connectivity index (χ3n) is 5.01. The van der Waals surface area contributed by atoms with E-state index >= 15 is 0 Å². The van der Waals surface area contributed by atoms with Gasteiger partial charge in [0, 0.05) is 36.5 Å². The van der Waals surface area contributed by atoms with Crippen LogP contribution in [0.3, 0.4) is 0 Å². The number of carbonyl (C=O) groups is 1. The minimum atomic E-state index is -3.18. The second kappa shape index (κ2) is 9.23.